The average molecular weight is 420 g/mol. The predicted octanol–water partition coefficient (Wildman–Crippen LogP) is 5.19. The van der Waals surface area contributed by atoms with Crippen LogP contribution in [0.2, 0.25) is 0 Å². The van der Waals surface area contributed by atoms with E-state index in [1.165, 1.54) is 19.1 Å². The van der Waals surface area contributed by atoms with Crippen molar-refractivity contribution in [3.63, 3.8) is 0 Å². The van der Waals surface area contributed by atoms with Gasteiger partial charge in [0, 0.05) is 6.54 Å². The molecule has 0 saturated carbocycles. The van der Waals surface area contributed by atoms with Crippen LogP contribution in [0, 0.1) is 5.82 Å². The first-order valence-electron chi connectivity index (χ1n) is 9.41. The number of rotatable bonds is 12. The standard InChI is InChI=1S/C23H30FNO3S/c1-5-19(2)11-7-6-10-18-28-20(3)14-15-21(4)29(26,27)25-17-16-22-12-8-9-13-23(22)24/h5-6,8-15,25H,1,7,16-18H2,2-4H3/b10-6-,19-11-,20-14+,21-15+. The zero-order valence-corrected chi connectivity index (χ0v) is 18.1. The molecule has 4 nitrogen and oxygen atoms in total. The molecule has 1 aromatic carbocycles. The van der Waals surface area contributed by atoms with E-state index in [9.17, 15) is 12.8 Å². The molecule has 0 spiro atoms. The first-order chi connectivity index (χ1) is 13.8. The van der Waals surface area contributed by atoms with E-state index in [4.69, 9.17) is 4.74 Å². The van der Waals surface area contributed by atoms with Gasteiger partial charge in [-0.25, -0.2) is 17.5 Å². The maximum absolute atomic E-state index is 13.6. The summed E-state index contributed by atoms with van der Waals surface area (Å²) in [6.07, 6.45) is 11.9. The normalized spacial score (nSPS) is 13.7. The molecule has 158 valence electrons. The molecule has 0 bridgehead atoms. The molecule has 0 aromatic heterocycles. The molecular formula is C23H30FNO3S. The van der Waals surface area contributed by atoms with Crippen LogP contribution >= 0.6 is 0 Å². The lowest BCUT2D eigenvalue weighted by Crippen LogP contribution is -2.26. The van der Waals surface area contributed by atoms with Crippen LogP contribution < -0.4 is 4.72 Å². The minimum atomic E-state index is -3.62. The van der Waals surface area contributed by atoms with Gasteiger partial charge in [0.05, 0.1) is 10.7 Å². The fraction of sp³-hybridized carbons (Fsp3) is 0.304. The molecule has 0 heterocycles. The van der Waals surface area contributed by atoms with Crippen LogP contribution in [0.4, 0.5) is 4.39 Å². The lowest BCUT2D eigenvalue weighted by Gasteiger charge is -2.07. The number of allylic oxidation sites excluding steroid dienone is 8. The van der Waals surface area contributed by atoms with E-state index >= 15 is 0 Å². The number of ether oxygens (including phenoxy) is 1. The second-order valence-corrected chi connectivity index (χ2v) is 8.40. The van der Waals surface area contributed by atoms with Gasteiger partial charge in [0.2, 0.25) is 10.0 Å². The SMILES string of the molecule is C=C/C(C)=C\C/C=C\CO/C(C)=C/C=C(\C)S(=O)(=O)NCCc1ccccc1F. The second-order valence-electron chi connectivity index (χ2n) is 6.46. The van der Waals surface area contributed by atoms with Crippen molar-refractivity contribution in [1.29, 1.82) is 0 Å². The van der Waals surface area contributed by atoms with Crippen molar-refractivity contribution in [3.05, 3.63) is 94.9 Å². The fourth-order valence-corrected chi connectivity index (χ4v) is 3.03. The number of benzene rings is 1. The third-order valence-electron chi connectivity index (χ3n) is 4.09. The third kappa shape index (κ3) is 10.1. The van der Waals surface area contributed by atoms with Gasteiger partial charge in [-0.3, -0.25) is 0 Å². The van der Waals surface area contributed by atoms with Crippen LogP contribution in [0.1, 0.15) is 32.8 Å². The summed E-state index contributed by atoms with van der Waals surface area (Å²) in [6, 6.07) is 6.32. The van der Waals surface area contributed by atoms with Crippen molar-refractivity contribution >= 4 is 10.0 Å². The molecule has 29 heavy (non-hydrogen) atoms. The Morgan fingerprint density at radius 3 is 2.59 bits per heavy atom. The molecule has 0 radical (unpaired) electrons. The molecule has 1 rings (SSSR count). The first-order valence-corrected chi connectivity index (χ1v) is 10.9. The van der Waals surface area contributed by atoms with Gasteiger partial charge in [0.25, 0.3) is 0 Å². The highest BCUT2D eigenvalue weighted by Gasteiger charge is 2.12. The minimum absolute atomic E-state index is 0.123. The Kier molecular flexibility index (Phi) is 10.9. The number of sulfonamides is 1. The predicted molar refractivity (Wildman–Crippen MR) is 118 cm³/mol. The van der Waals surface area contributed by atoms with E-state index in [1.807, 2.05) is 19.1 Å². The maximum atomic E-state index is 13.6. The second kappa shape index (κ2) is 12.9. The summed E-state index contributed by atoms with van der Waals surface area (Å²) < 4.78 is 46.1. The monoisotopic (exact) mass is 419 g/mol. The van der Waals surface area contributed by atoms with Crippen molar-refractivity contribution in [1.82, 2.24) is 4.72 Å². The highest BCUT2D eigenvalue weighted by Crippen LogP contribution is 2.09. The van der Waals surface area contributed by atoms with Crippen molar-refractivity contribution in [2.45, 2.75) is 33.6 Å². The van der Waals surface area contributed by atoms with Gasteiger partial charge in [0.1, 0.15) is 12.4 Å². The van der Waals surface area contributed by atoms with Crippen LogP contribution in [0.5, 0.6) is 0 Å². The molecule has 0 aliphatic carbocycles. The van der Waals surface area contributed by atoms with Gasteiger partial charge in [0.15, 0.2) is 0 Å². The lowest BCUT2D eigenvalue weighted by molar-refractivity contribution is 0.250. The van der Waals surface area contributed by atoms with Gasteiger partial charge < -0.3 is 4.74 Å². The Bertz CT molecular complexity index is 896. The van der Waals surface area contributed by atoms with E-state index in [1.54, 1.807) is 37.3 Å². The zero-order chi connectivity index (χ0) is 21.7. The molecule has 0 unspecified atom stereocenters. The number of halogens is 1. The van der Waals surface area contributed by atoms with Crippen LogP contribution in [-0.4, -0.2) is 21.6 Å². The molecule has 0 amide bonds. The van der Waals surface area contributed by atoms with Gasteiger partial charge in [-0.1, -0.05) is 54.7 Å². The Labute approximate surface area is 174 Å². The van der Waals surface area contributed by atoms with Crippen LogP contribution in [0.15, 0.2) is 83.5 Å². The van der Waals surface area contributed by atoms with E-state index in [0.717, 1.165) is 12.0 Å². The van der Waals surface area contributed by atoms with Crippen molar-refractivity contribution in [2.24, 2.45) is 0 Å². The van der Waals surface area contributed by atoms with Crippen LogP contribution in [0.25, 0.3) is 0 Å². The van der Waals surface area contributed by atoms with Gasteiger partial charge in [-0.15, -0.1) is 0 Å². The molecule has 0 fully saturated rings. The Balaban J connectivity index is 2.48. The molecule has 1 aromatic rings. The summed E-state index contributed by atoms with van der Waals surface area (Å²) in [4.78, 5) is 0.162. The number of nitrogens with one attached hydrogen (secondary N) is 1. The summed E-state index contributed by atoms with van der Waals surface area (Å²) in [5.41, 5.74) is 1.60. The third-order valence-corrected chi connectivity index (χ3v) is 5.66. The summed E-state index contributed by atoms with van der Waals surface area (Å²) in [5.74, 6) is 0.268. The zero-order valence-electron chi connectivity index (χ0n) is 17.3. The fourth-order valence-electron chi connectivity index (χ4n) is 2.19. The largest absolute Gasteiger partial charge is 0.494 e. The lowest BCUT2D eigenvalue weighted by atomic mass is 10.1. The average Bonchev–Trinajstić information content (AvgIpc) is 2.69. The molecular weight excluding hydrogens is 389 g/mol. The Morgan fingerprint density at radius 2 is 1.90 bits per heavy atom. The summed E-state index contributed by atoms with van der Waals surface area (Å²) in [6.45, 7) is 9.47. The van der Waals surface area contributed by atoms with Crippen molar-refractivity contribution < 1.29 is 17.5 Å². The number of hydrogen-bond donors (Lipinski definition) is 1. The smallest absolute Gasteiger partial charge is 0.236 e. The highest BCUT2D eigenvalue weighted by molar-refractivity contribution is 7.93. The van der Waals surface area contributed by atoms with E-state index in [2.05, 4.69) is 17.4 Å². The Hall–Kier alpha value is -2.44. The highest BCUT2D eigenvalue weighted by atomic mass is 32.2. The topological polar surface area (TPSA) is 55.4 Å². The van der Waals surface area contributed by atoms with Crippen LogP contribution in [-0.2, 0) is 21.2 Å². The van der Waals surface area contributed by atoms with E-state index < -0.39 is 10.0 Å². The molecule has 0 aliphatic rings. The van der Waals surface area contributed by atoms with E-state index in [-0.39, 0.29) is 23.7 Å². The molecule has 0 aliphatic heterocycles. The molecule has 1 N–H and O–H groups in total. The van der Waals surface area contributed by atoms with E-state index in [0.29, 0.717) is 17.9 Å². The summed E-state index contributed by atoms with van der Waals surface area (Å²) in [7, 11) is -3.62. The maximum Gasteiger partial charge on any atom is 0.236 e. The first kappa shape index (κ1) is 24.6. The quantitative estimate of drug-likeness (QED) is 0.288. The minimum Gasteiger partial charge on any atom is -0.494 e. The molecule has 6 heteroatoms. The molecule has 0 saturated heterocycles. The summed E-state index contributed by atoms with van der Waals surface area (Å²) in [5, 5.41) is 0. The van der Waals surface area contributed by atoms with Gasteiger partial charge in [-0.05, 0) is 57.4 Å². The number of hydrogen-bond acceptors (Lipinski definition) is 3. The Morgan fingerprint density at radius 1 is 1.17 bits per heavy atom. The van der Waals surface area contributed by atoms with Gasteiger partial charge in [-0.2, -0.15) is 0 Å². The molecule has 0 atom stereocenters. The van der Waals surface area contributed by atoms with Crippen LogP contribution in [0.3, 0.4) is 0 Å². The van der Waals surface area contributed by atoms with Crippen molar-refractivity contribution in [2.75, 3.05) is 13.2 Å². The van der Waals surface area contributed by atoms with Gasteiger partial charge >= 0.3 is 0 Å². The van der Waals surface area contributed by atoms with Crippen molar-refractivity contribution in [3.8, 4) is 0 Å². The summed E-state index contributed by atoms with van der Waals surface area (Å²) >= 11 is 0.